The molecule has 7 heteroatoms. The lowest BCUT2D eigenvalue weighted by Crippen LogP contribution is -2.09. The zero-order chi connectivity index (χ0) is 15.2. The number of carboxylic acids is 1. The lowest BCUT2D eigenvalue weighted by Gasteiger charge is -2.16. The molecule has 3 rings (SSSR count). The summed E-state index contributed by atoms with van der Waals surface area (Å²) in [5.41, 5.74) is -0.360. The summed E-state index contributed by atoms with van der Waals surface area (Å²) in [4.78, 5) is 10.9. The summed E-state index contributed by atoms with van der Waals surface area (Å²) < 4.78 is 24.9. The minimum absolute atomic E-state index is 0.0364. The van der Waals surface area contributed by atoms with Crippen molar-refractivity contribution in [3.05, 3.63) is 29.5 Å². The number of rotatable bonds is 3. The van der Waals surface area contributed by atoms with Gasteiger partial charge < -0.3 is 14.6 Å². The summed E-state index contributed by atoms with van der Waals surface area (Å²) in [5.74, 6) is -0.260. The number of nitrogens with one attached hydrogen (secondary N) is 1. The second kappa shape index (κ2) is 4.47. The van der Waals surface area contributed by atoms with Crippen LogP contribution in [0.5, 0.6) is 11.5 Å². The van der Waals surface area contributed by atoms with E-state index in [0.29, 0.717) is 28.3 Å². The molecule has 1 aliphatic heterocycles. The fourth-order valence-electron chi connectivity index (χ4n) is 2.11. The molecule has 2 heterocycles. The number of ether oxygens (including phenoxy) is 2. The fourth-order valence-corrected chi connectivity index (χ4v) is 2.11. The van der Waals surface area contributed by atoms with Crippen LogP contribution in [0, 0.1) is 0 Å². The predicted octanol–water partition coefficient (Wildman–Crippen LogP) is 2.71. The molecule has 0 bridgehead atoms. The standard InChI is InChI=1S/C14H13FN2O4/c1-14(2,15)7-3-8(12-11(4-7)20-6-21-12)9-5-10(13(18)19)17-16-9/h3-5H,6H2,1-2H3,(H,16,17)(H,18,19). The van der Waals surface area contributed by atoms with Crippen LogP contribution in [0.4, 0.5) is 4.39 Å². The van der Waals surface area contributed by atoms with Gasteiger partial charge in [0.05, 0.1) is 5.69 Å². The monoisotopic (exact) mass is 292 g/mol. The lowest BCUT2D eigenvalue weighted by atomic mass is 9.96. The van der Waals surface area contributed by atoms with Gasteiger partial charge in [-0.1, -0.05) is 0 Å². The van der Waals surface area contributed by atoms with Gasteiger partial charge in [0.15, 0.2) is 11.5 Å². The van der Waals surface area contributed by atoms with Gasteiger partial charge in [0.25, 0.3) is 0 Å². The summed E-state index contributed by atoms with van der Waals surface area (Å²) in [6, 6.07) is 4.54. The maximum Gasteiger partial charge on any atom is 0.353 e. The maximum atomic E-state index is 14.2. The number of hydrogen-bond donors (Lipinski definition) is 2. The first-order chi connectivity index (χ1) is 9.86. The van der Waals surface area contributed by atoms with Crippen LogP contribution in [0.15, 0.2) is 18.2 Å². The van der Waals surface area contributed by atoms with Crippen molar-refractivity contribution in [1.82, 2.24) is 10.2 Å². The number of benzene rings is 1. The number of carboxylic acid groups (broad SMARTS) is 1. The van der Waals surface area contributed by atoms with Crippen LogP contribution in [0.2, 0.25) is 0 Å². The van der Waals surface area contributed by atoms with Crippen molar-refractivity contribution in [2.45, 2.75) is 19.5 Å². The second-order valence-corrected chi connectivity index (χ2v) is 5.20. The number of alkyl halides is 1. The predicted molar refractivity (Wildman–Crippen MR) is 71.2 cm³/mol. The highest BCUT2D eigenvalue weighted by molar-refractivity contribution is 5.87. The Kier molecular flexibility index (Phi) is 2.86. The minimum atomic E-state index is -1.57. The van der Waals surface area contributed by atoms with Crippen molar-refractivity contribution in [3.63, 3.8) is 0 Å². The van der Waals surface area contributed by atoms with E-state index in [1.54, 1.807) is 12.1 Å². The molecule has 0 fully saturated rings. The number of H-pyrrole nitrogens is 1. The molecule has 1 aromatic heterocycles. The molecule has 21 heavy (non-hydrogen) atoms. The molecule has 0 saturated carbocycles. The van der Waals surface area contributed by atoms with Gasteiger partial charge in [-0.05, 0) is 37.6 Å². The molecule has 0 spiro atoms. The number of fused-ring (bicyclic) bond motifs is 1. The quantitative estimate of drug-likeness (QED) is 0.908. The number of aromatic nitrogens is 2. The highest BCUT2D eigenvalue weighted by Gasteiger charge is 2.28. The Bertz CT molecular complexity index is 718. The van der Waals surface area contributed by atoms with Gasteiger partial charge in [-0.3, -0.25) is 5.10 Å². The highest BCUT2D eigenvalue weighted by atomic mass is 19.1. The molecule has 0 aliphatic carbocycles. The van der Waals surface area contributed by atoms with E-state index in [2.05, 4.69) is 10.2 Å². The van der Waals surface area contributed by atoms with Gasteiger partial charge in [-0.25, -0.2) is 9.18 Å². The number of carbonyl (C=O) groups is 1. The largest absolute Gasteiger partial charge is 0.477 e. The van der Waals surface area contributed by atoms with Crippen LogP contribution in [-0.4, -0.2) is 28.1 Å². The van der Waals surface area contributed by atoms with Gasteiger partial charge >= 0.3 is 5.97 Å². The fraction of sp³-hybridized carbons (Fsp3) is 0.286. The van der Waals surface area contributed by atoms with Crippen molar-refractivity contribution in [2.75, 3.05) is 6.79 Å². The van der Waals surface area contributed by atoms with Gasteiger partial charge in [-0.15, -0.1) is 0 Å². The zero-order valence-corrected chi connectivity index (χ0v) is 11.4. The molecular formula is C14H13FN2O4. The normalized spacial score (nSPS) is 13.5. The summed E-state index contributed by atoms with van der Waals surface area (Å²) in [5, 5.41) is 15.3. The number of halogens is 1. The van der Waals surface area contributed by atoms with E-state index in [9.17, 15) is 9.18 Å². The molecule has 1 aliphatic rings. The van der Waals surface area contributed by atoms with Crippen LogP contribution in [0.25, 0.3) is 11.3 Å². The Morgan fingerprint density at radius 2 is 2.14 bits per heavy atom. The van der Waals surface area contributed by atoms with Gasteiger partial charge in [-0.2, -0.15) is 5.10 Å². The van der Waals surface area contributed by atoms with Crippen LogP contribution < -0.4 is 9.47 Å². The molecule has 0 amide bonds. The van der Waals surface area contributed by atoms with E-state index in [0.717, 1.165) is 0 Å². The molecule has 0 atom stereocenters. The molecule has 6 nitrogen and oxygen atoms in total. The van der Waals surface area contributed by atoms with Crippen LogP contribution in [0.1, 0.15) is 29.9 Å². The van der Waals surface area contributed by atoms with E-state index in [1.165, 1.54) is 19.9 Å². The molecule has 0 unspecified atom stereocenters. The first kappa shape index (κ1) is 13.4. The molecule has 0 radical (unpaired) electrons. The molecular weight excluding hydrogens is 279 g/mol. The molecule has 2 aromatic rings. The Labute approximate surface area is 119 Å². The third-order valence-electron chi connectivity index (χ3n) is 3.24. The smallest absolute Gasteiger partial charge is 0.353 e. The Hall–Kier alpha value is -2.57. The number of aromatic carboxylic acids is 1. The Morgan fingerprint density at radius 3 is 2.76 bits per heavy atom. The maximum absolute atomic E-state index is 14.2. The zero-order valence-electron chi connectivity index (χ0n) is 11.4. The topological polar surface area (TPSA) is 84.4 Å². The lowest BCUT2D eigenvalue weighted by molar-refractivity contribution is 0.0690. The Morgan fingerprint density at radius 1 is 1.38 bits per heavy atom. The molecule has 0 saturated heterocycles. The summed E-state index contributed by atoms with van der Waals surface area (Å²) in [6.45, 7) is 2.90. The second-order valence-electron chi connectivity index (χ2n) is 5.20. The molecule has 1 aromatic carbocycles. The highest BCUT2D eigenvalue weighted by Crippen LogP contribution is 2.44. The number of aromatic amines is 1. The van der Waals surface area contributed by atoms with E-state index in [1.807, 2.05) is 0 Å². The van der Waals surface area contributed by atoms with Crippen molar-refractivity contribution < 1.29 is 23.8 Å². The van der Waals surface area contributed by atoms with Crippen molar-refractivity contribution in [3.8, 4) is 22.8 Å². The number of nitrogens with zero attached hydrogens (tertiary/aromatic N) is 1. The van der Waals surface area contributed by atoms with Crippen molar-refractivity contribution in [1.29, 1.82) is 0 Å². The number of hydrogen-bond acceptors (Lipinski definition) is 4. The van der Waals surface area contributed by atoms with Crippen molar-refractivity contribution in [2.24, 2.45) is 0 Å². The van der Waals surface area contributed by atoms with Crippen LogP contribution in [-0.2, 0) is 5.67 Å². The average Bonchev–Trinajstić information content (AvgIpc) is 3.05. The first-order valence-electron chi connectivity index (χ1n) is 6.28. The summed E-state index contributed by atoms with van der Waals surface area (Å²) >= 11 is 0. The van der Waals surface area contributed by atoms with E-state index >= 15 is 0 Å². The SMILES string of the molecule is CC(C)(F)c1cc2c(c(-c3cc(C(=O)O)[nH]n3)c1)OCO2. The minimum Gasteiger partial charge on any atom is -0.477 e. The Balaban J connectivity index is 2.16. The van der Waals surface area contributed by atoms with E-state index in [-0.39, 0.29) is 12.5 Å². The summed E-state index contributed by atoms with van der Waals surface area (Å²) in [6.07, 6.45) is 0. The third-order valence-corrected chi connectivity index (χ3v) is 3.24. The van der Waals surface area contributed by atoms with Gasteiger partial charge in [0.2, 0.25) is 6.79 Å². The van der Waals surface area contributed by atoms with E-state index < -0.39 is 11.6 Å². The summed E-state index contributed by atoms with van der Waals surface area (Å²) in [7, 11) is 0. The van der Waals surface area contributed by atoms with E-state index in [4.69, 9.17) is 14.6 Å². The van der Waals surface area contributed by atoms with Gasteiger partial charge in [0, 0.05) is 5.56 Å². The third kappa shape index (κ3) is 2.31. The van der Waals surface area contributed by atoms with Crippen LogP contribution in [0.3, 0.4) is 0 Å². The molecule has 110 valence electrons. The van der Waals surface area contributed by atoms with Crippen molar-refractivity contribution >= 4 is 5.97 Å². The van der Waals surface area contributed by atoms with Gasteiger partial charge in [0.1, 0.15) is 11.4 Å². The van der Waals surface area contributed by atoms with Crippen LogP contribution >= 0.6 is 0 Å². The molecule has 2 N–H and O–H groups in total. The average molecular weight is 292 g/mol. The first-order valence-corrected chi connectivity index (χ1v) is 6.28.